The van der Waals surface area contributed by atoms with Gasteiger partial charge >= 0.3 is 0 Å². The number of carbonyl (C=O) groups is 1. The summed E-state index contributed by atoms with van der Waals surface area (Å²) < 4.78 is 5.64. The number of rotatable bonds is 5. The summed E-state index contributed by atoms with van der Waals surface area (Å²) in [5.74, 6) is 2.98. The number of hydrogen-bond donors (Lipinski definition) is 2. The van der Waals surface area contributed by atoms with Crippen LogP contribution in [0.15, 0.2) is 4.99 Å². The first-order valence-electron chi connectivity index (χ1n) is 6.91. The molecule has 1 fully saturated rings. The van der Waals surface area contributed by atoms with Crippen LogP contribution in [-0.4, -0.2) is 63.2 Å². The first kappa shape index (κ1) is 16.3. The van der Waals surface area contributed by atoms with Crippen molar-refractivity contribution in [3.8, 4) is 12.3 Å². The third-order valence-corrected chi connectivity index (χ3v) is 3.00. The molecule has 1 atom stereocenters. The first-order valence-corrected chi connectivity index (χ1v) is 6.91. The molecular formula is C14H24N4O2. The molecule has 20 heavy (non-hydrogen) atoms. The molecule has 1 unspecified atom stereocenters. The van der Waals surface area contributed by atoms with E-state index < -0.39 is 0 Å². The van der Waals surface area contributed by atoms with Gasteiger partial charge in [0.05, 0.1) is 12.6 Å². The molecule has 1 rings (SSSR count). The van der Waals surface area contributed by atoms with E-state index in [1.165, 1.54) is 11.3 Å². The fourth-order valence-electron chi connectivity index (χ4n) is 1.78. The van der Waals surface area contributed by atoms with E-state index >= 15 is 0 Å². The van der Waals surface area contributed by atoms with Gasteiger partial charge in [-0.05, 0) is 19.3 Å². The Morgan fingerprint density at radius 3 is 2.85 bits per heavy atom. The molecule has 2 N–H and O–H groups in total. The summed E-state index contributed by atoms with van der Waals surface area (Å²) in [4.78, 5) is 17.3. The molecule has 0 aliphatic carbocycles. The van der Waals surface area contributed by atoms with Crippen LogP contribution in [0.5, 0.6) is 0 Å². The van der Waals surface area contributed by atoms with Gasteiger partial charge in [-0.1, -0.05) is 5.92 Å². The number of nitrogens with zero attached hydrogens (tertiary/aromatic N) is 2. The van der Waals surface area contributed by atoms with Gasteiger partial charge in [0.15, 0.2) is 5.96 Å². The second-order valence-electron chi connectivity index (χ2n) is 4.88. The van der Waals surface area contributed by atoms with E-state index in [4.69, 9.17) is 11.2 Å². The van der Waals surface area contributed by atoms with E-state index in [0.29, 0.717) is 19.0 Å². The minimum absolute atomic E-state index is 0.0549. The lowest BCUT2D eigenvalue weighted by atomic mass is 10.1. The number of carbonyl (C=O) groups excluding carboxylic acids is 1. The second kappa shape index (κ2) is 9.21. The van der Waals surface area contributed by atoms with Crippen LogP contribution in [0, 0.1) is 12.3 Å². The van der Waals surface area contributed by atoms with Crippen LogP contribution in [0.25, 0.3) is 0 Å². The second-order valence-corrected chi connectivity index (χ2v) is 4.88. The Labute approximate surface area is 121 Å². The van der Waals surface area contributed by atoms with Crippen LogP contribution in [0.2, 0.25) is 0 Å². The fraction of sp³-hybridized carbons (Fsp3) is 0.714. The molecule has 0 aromatic rings. The summed E-state index contributed by atoms with van der Waals surface area (Å²) >= 11 is 0. The molecule has 0 aromatic carbocycles. The molecule has 6 heteroatoms. The molecule has 0 saturated carbocycles. The maximum absolute atomic E-state index is 11.5. The standard InChI is InChI=1S/C14H24N4O2/c1-4-8-15-14(17-11-13(19)18(2)3)16-10-12-7-5-6-9-20-12/h1,12H,5-11H2,2-3H3,(H2,15,16,17). The number of nitrogens with one attached hydrogen (secondary N) is 2. The third kappa shape index (κ3) is 6.43. The van der Waals surface area contributed by atoms with Crippen LogP contribution in [0.3, 0.4) is 0 Å². The molecule has 0 spiro atoms. The topological polar surface area (TPSA) is 66.0 Å². The molecule has 1 heterocycles. The molecule has 6 nitrogen and oxygen atoms in total. The van der Waals surface area contributed by atoms with Gasteiger partial charge in [-0.25, -0.2) is 4.99 Å². The normalized spacial score (nSPS) is 19.1. The summed E-state index contributed by atoms with van der Waals surface area (Å²) in [7, 11) is 3.41. The van der Waals surface area contributed by atoms with E-state index in [-0.39, 0.29) is 18.6 Å². The predicted octanol–water partition coefficient (Wildman–Crippen LogP) is -0.188. The zero-order valence-corrected chi connectivity index (χ0v) is 12.3. The van der Waals surface area contributed by atoms with Crippen molar-refractivity contribution in [2.45, 2.75) is 25.4 Å². The average Bonchev–Trinajstić information content (AvgIpc) is 2.47. The van der Waals surface area contributed by atoms with E-state index in [2.05, 4.69) is 21.5 Å². The Hall–Kier alpha value is -1.74. The van der Waals surface area contributed by atoms with Crippen molar-refractivity contribution in [1.82, 2.24) is 15.5 Å². The van der Waals surface area contributed by atoms with E-state index in [0.717, 1.165) is 19.4 Å². The lowest BCUT2D eigenvalue weighted by Crippen LogP contribution is -2.43. The molecule has 1 amide bonds. The van der Waals surface area contributed by atoms with Crippen LogP contribution >= 0.6 is 0 Å². The number of terminal acetylenes is 1. The SMILES string of the molecule is C#CCNC(=NCC(=O)N(C)C)NCC1CCCCO1. The molecule has 0 bridgehead atoms. The van der Waals surface area contributed by atoms with Crippen LogP contribution in [0.1, 0.15) is 19.3 Å². The van der Waals surface area contributed by atoms with Crippen molar-refractivity contribution in [2.75, 3.05) is 40.3 Å². The molecule has 112 valence electrons. The highest BCUT2D eigenvalue weighted by Gasteiger charge is 2.14. The van der Waals surface area contributed by atoms with Crippen molar-refractivity contribution in [2.24, 2.45) is 4.99 Å². The summed E-state index contributed by atoms with van der Waals surface area (Å²) in [6, 6.07) is 0. The van der Waals surface area contributed by atoms with Gasteiger partial charge < -0.3 is 20.3 Å². The number of ether oxygens (including phenoxy) is 1. The highest BCUT2D eigenvalue weighted by Crippen LogP contribution is 2.11. The smallest absolute Gasteiger partial charge is 0.243 e. The van der Waals surface area contributed by atoms with Crippen LogP contribution in [-0.2, 0) is 9.53 Å². The summed E-state index contributed by atoms with van der Waals surface area (Å²) in [5.41, 5.74) is 0. The van der Waals surface area contributed by atoms with Crippen LogP contribution in [0.4, 0.5) is 0 Å². The number of guanidine groups is 1. The van der Waals surface area contributed by atoms with Gasteiger partial charge in [0.25, 0.3) is 0 Å². The van der Waals surface area contributed by atoms with Crippen molar-refractivity contribution >= 4 is 11.9 Å². The Kier molecular flexibility index (Phi) is 7.51. The fourth-order valence-corrected chi connectivity index (χ4v) is 1.78. The summed E-state index contributed by atoms with van der Waals surface area (Å²) in [6.45, 7) is 1.95. The largest absolute Gasteiger partial charge is 0.376 e. The lowest BCUT2D eigenvalue weighted by Gasteiger charge is -2.23. The van der Waals surface area contributed by atoms with Gasteiger partial charge in [0.1, 0.15) is 6.54 Å². The Bertz CT molecular complexity index is 368. The minimum atomic E-state index is -0.0549. The molecule has 0 radical (unpaired) electrons. The van der Waals surface area contributed by atoms with Gasteiger partial charge in [-0.3, -0.25) is 4.79 Å². The molecular weight excluding hydrogens is 256 g/mol. The van der Waals surface area contributed by atoms with Gasteiger partial charge in [0, 0.05) is 27.2 Å². The lowest BCUT2D eigenvalue weighted by molar-refractivity contribution is -0.127. The van der Waals surface area contributed by atoms with Crippen molar-refractivity contribution in [1.29, 1.82) is 0 Å². The molecule has 0 aromatic heterocycles. The predicted molar refractivity (Wildman–Crippen MR) is 79.4 cm³/mol. The number of aliphatic imine (C=N–C) groups is 1. The Morgan fingerprint density at radius 1 is 1.45 bits per heavy atom. The van der Waals surface area contributed by atoms with Crippen molar-refractivity contribution in [3.05, 3.63) is 0 Å². The van der Waals surface area contributed by atoms with E-state index in [1.54, 1.807) is 14.1 Å². The van der Waals surface area contributed by atoms with E-state index in [1.807, 2.05) is 0 Å². The first-order chi connectivity index (χ1) is 9.63. The third-order valence-electron chi connectivity index (χ3n) is 3.00. The number of likely N-dealkylation sites (N-methyl/N-ethyl adjacent to an activating group) is 1. The van der Waals surface area contributed by atoms with Gasteiger partial charge in [-0.2, -0.15) is 0 Å². The zero-order chi connectivity index (χ0) is 14.8. The molecule has 1 aliphatic rings. The highest BCUT2D eigenvalue weighted by molar-refractivity contribution is 5.84. The van der Waals surface area contributed by atoms with E-state index in [9.17, 15) is 4.79 Å². The number of hydrogen-bond acceptors (Lipinski definition) is 3. The number of amides is 1. The zero-order valence-electron chi connectivity index (χ0n) is 12.3. The van der Waals surface area contributed by atoms with Crippen molar-refractivity contribution < 1.29 is 9.53 Å². The maximum atomic E-state index is 11.5. The minimum Gasteiger partial charge on any atom is -0.376 e. The molecule has 1 aliphatic heterocycles. The summed E-state index contributed by atoms with van der Waals surface area (Å²) in [5, 5.41) is 6.15. The van der Waals surface area contributed by atoms with Gasteiger partial charge in [-0.15, -0.1) is 6.42 Å². The van der Waals surface area contributed by atoms with Crippen LogP contribution < -0.4 is 10.6 Å². The Balaban J connectivity index is 2.43. The monoisotopic (exact) mass is 280 g/mol. The van der Waals surface area contributed by atoms with Gasteiger partial charge in [0.2, 0.25) is 5.91 Å². The highest BCUT2D eigenvalue weighted by atomic mass is 16.5. The Morgan fingerprint density at radius 2 is 2.25 bits per heavy atom. The summed E-state index contributed by atoms with van der Waals surface area (Å²) in [6.07, 6.45) is 8.79. The van der Waals surface area contributed by atoms with Crippen molar-refractivity contribution in [3.63, 3.8) is 0 Å². The molecule has 1 saturated heterocycles. The quantitative estimate of drug-likeness (QED) is 0.416. The average molecular weight is 280 g/mol. The maximum Gasteiger partial charge on any atom is 0.243 e.